The van der Waals surface area contributed by atoms with Gasteiger partial charge in [0.05, 0.1) is 19.1 Å². The lowest BCUT2D eigenvalue weighted by molar-refractivity contribution is -0.148. The normalized spacial score (nSPS) is 36.5. The Balaban J connectivity index is 2.05. The number of rotatable bonds is 9. The molecule has 0 bridgehead atoms. The highest BCUT2D eigenvalue weighted by Gasteiger charge is 2.65. The standard InChI is InChI=1S/C31H48O5/c1-19(2)10-9-11-21(28(34)35)27-25(32)18-31(7)24-13-12-22(20(3)4)29(5,16-15-26(33)36-8)23(24)14-17-30(27,31)6/h10,21-22,25,27,32H,3,9,11-18H2,1-2,4-8H3,(H,34,35)/t21-,22+,25-,27+,29+,30-,31+/m1/s1. The number of fused-ring (bicyclic) bond motifs is 2. The van der Waals surface area contributed by atoms with E-state index in [0.29, 0.717) is 25.2 Å². The fourth-order valence-corrected chi connectivity index (χ4v) is 8.52. The van der Waals surface area contributed by atoms with Gasteiger partial charge in [-0.05, 0) is 94.3 Å². The molecule has 0 aliphatic heterocycles. The molecule has 0 aromatic rings. The van der Waals surface area contributed by atoms with Crippen LogP contribution in [0.2, 0.25) is 0 Å². The van der Waals surface area contributed by atoms with Crippen LogP contribution in [0.3, 0.4) is 0 Å². The van der Waals surface area contributed by atoms with Crippen LogP contribution in [0.15, 0.2) is 34.9 Å². The third-order valence-corrected chi connectivity index (χ3v) is 10.5. The highest BCUT2D eigenvalue weighted by Crippen LogP contribution is 2.71. The van der Waals surface area contributed by atoms with Gasteiger partial charge in [-0.2, -0.15) is 0 Å². The third kappa shape index (κ3) is 4.73. The van der Waals surface area contributed by atoms with Gasteiger partial charge in [-0.3, -0.25) is 9.59 Å². The Morgan fingerprint density at radius 2 is 1.83 bits per heavy atom. The maximum Gasteiger partial charge on any atom is 0.306 e. The minimum absolute atomic E-state index is 0.184. The van der Waals surface area contributed by atoms with Crippen LogP contribution < -0.4 is 0 Å². The van der Waals surface area contributed by atoms with Gasteiger partial charge in [0.1, 0.15) is 0 Å². The van der Waals surface area contributed by atoms with E-state index in [-0.39, 0.29) is 28.1 Å². The summed E-state index contributed by atoms with van der Waals surface area (Å²) in [5, 5.41) is 21.7. The van der Waals surface area contributed by atoms with E-state index < -0.39 is 18.0 Å². The van der Waals surface area contributed by atoms with E-state index in [4.69, 9.17) is 4.74 Å². The van der Waals surface area contributed by atoms with Crippen molar-refractivity contribution in [2.45, 2.75) is 105 Å². The van der Waals surface area contributed by atoms with Crippen LogP contribution in [0.5, 0.6) is 0 Å². The van der Waals surface area contributed by atoms with Gasteiger partial charge in [0.15, 0.2) is 0 Å². The zero-order chi connectivity index (χ0) is 27.1. The van der Waals surface area contributed by atoms with Crippen molar-refractivity contribution in [3.8, 4) is 0 Å². The molecule has 0 heterocycles. The van der Waals surface area contributed by atoms with Gasteiger partial charge in [0, 0.05) is 12.3 Å². The molecule has 3 aliphatic carbocycles. The summed E-state index contributed by atoms with van der Waals surface area (Å²) in [5.41, 5.74) is 4.44. The number of carbonyl (C=O) groups excluding carboxylic acids is 1. The Morgan fingerprint density at radius 1 is 1.17 bits per heavy atom. The van der Waals surface area contributed by atoms with E-state index in [1.54, 1.807) is 0 Å². The average Bonchev–Trinajstić information content (AvgIpc) is 3.00. The summed E-state index contributed by atoms with van der Waals surface area (Å²) < 4.78 is 4.98. The number of hydrogen-bond donors (Lipinski definition) is 2. The number of carbonyl (C=O) groups is 2. The molecule has 1 saturated carbocycles. The van der Waals surface area contributed by atoms with Crippen LogP contribution in [-0.4, -0.2) is 35.4 Å². The minimum atomic E-state index is -0.791. The van der Waals surface area contributed by atoms with Crippen molar-refractivity contribution in [3.63, 3.8) is 0 Å². The van der Waals surface area contributed by atoms with Crippen LogP contribution in [0, 0.1) is 34.0 Å². The predicted octanol–water partition coefficient (Wildman–Crippen LogP) is 6.86. The van der Waals surface area contributed by atoms with Crippen molar-refractivity contribution < 1.29 is 24.5 Å². The van der Waals surface area contributed by atoms with Crippen molar-refractivity contribution in [2.75, 3.05) is 7.11 Å². The molecule has 3 rings (SSSR count). The van der Waals surface area contributed by atoms with Crippen molar-refractivity contribution in [3.05, 3.63) is 34.9 Å². The van der Waals surface area contributed by atoms with Gasteiger partial charge >= 0.3 is 11.9 Å². The zero-order valence-electron chi connectivity index (χ0n) is 23.6. The highest BCUT2D eigenvalue weighted by atomic mass is 16.5. The van der Waals surface area contributed by atoms with Crippen LogP contribution in [0.4, 0.5) is 0 Å². The Labute approximate surface area is 218 Å². The molecule has 0 aromatic heterocycles. The summed E-state index contributed by atoms with van der Waals surface area (Å²) in [7, 11) is 1.44. The van der Waals surface area contributed by atoms with Crippen LogP contribution in [-0.2, 0) is 14.3 Å². The van der Waals surface area contributed by atoms with Crippen LogP contribution in [0.1, 0.15) is 99.3 Å². The first kappa shape index (κ1) is 28.7. The average molecular weight is 501 g/mol. The Kier molecular flexibility index (Phi) is 8.35. The second-order valence-electron chi connectivity index (χ2n) is 12.7. The van der Waals surface area contributed by atoms with Gasteiger partial charge in [-0.25, -0.2) is 0 Å². The molecule has 5 heteroatoms. The molecule has 202 valence electrons. The quantitative estimate of drug-likeness (QED) is 0.267. The van der Waals surface area contributed by atoms with E-state index in [1.165, 1.54) is 23.8 Å². The summed E-state index contributed by atoms with van der Waals surface area (Å²) in [6, 6.07) is 0. The number of aliphatic hydroxyl groups is 1. The molecule has 3 aliphatic rings. The molecule has 1 fully saturated rings. The topological polar surface area (TPSA) is 83.8 Å². The fourth-order valence-electron chi connectivity index (χ4n) is 8.52. The number of ether oxygens (including phenoxy) is 1. The second-order valence-corrected chi connectivity index (χ2v) is 12.7. The summed E-state index contributed by atoms with van der Waals surface area (Å²) in [5.74, 6) is -1.53. The molecule has 0 unspecified atom stereocenters. The lowest BCUT2D eigenvalue weighted by Gasteiger charge is -2.57. The highest BCUT2D eigenvalue weighted by molar-refractivity contribution is 5.71. The van der Waals surface area contributed by atoms with Gasteiger partial charge in [-0.1, -0.05) is 55.7 Å². The molecule has 0 spiro atoms. The summed E-state index contributed by atoms with van der Waals surface area (Å²) >= 11 is 0. The molecule has 0 amide bonds. The lowest BCUT2D eigenvalue weighted by atomic mass is 9.47. The summed E-state index contributed by atoms with van der Waals surface area (Å²) in [6.07, 6.45) is 8.08. The minimum Gasteiger partial charge on any atom is -0.481 e. The molecular formula is C31H48O5. The van der Waals surface area contributed by atoms with Crippen molar-refractivity contribution in [1.29, 1.82) is 0 Å². The predicted molar refractivity (Wildman–Crippen MR) is 143 cm³/mol. The molecule has 0 radical (unpaired) electrons. The molecule has 5 nitrogen and oxygen atoms in total. The van der Waals surface area contributed by atoms with E-state index in [1.807, 2.05) is 13.8 Å². The first-order valence-corrected chi connectivity index (χ1v) is 13.7. The number of hydrogen-bond acceptors (Lipinski definition) is 4. The first-order chi connectivity index (χ1) is 16.7. The smallest absolute Gasteiger partial charge is 0.306 e. The van der Waals surface area contributed by atoms with Gasteiger partial charge in [-0.15, -0.1) is 0 Å². The Hall–Kier alpha value is -1.88. The Morgan fingerprint density at radius 3 is 2.39 bits per heavy atom. The van der Waals surface area contributed by atoms with Gasteiger partial charge < -0.3 is 14.9 Å². The van der Waals surface area contributed by atoms with Crippen molar-refractivity contribution >= 4 is 11.9 Å². The number of esters is 1. The van der Waals surface area contributed by atoms with E-state index >= 15 is 0 Å². The molecule has 2 N–H and O–H groups in total. The SMILES string of the molecule is C=C(C)[C@@H]1CCC2=C(CC[C@]3(C)[C@@H]([C@@H](CCC=C(C)C)C(=O)O)[C@H](O)C[C@@]23C)[C@@]1(C)CCC(=O)OC. The maximum atomic E-state index is 12.5. The largest absolute Gasteiger partial charge is 0.481 e. The van der Waals surface area contributed by atoms with Crippen molar-refractivity contribution in [1.82, 2.24) is 0 Å². The van der Waals surface area contributed by atoms with Crippen LogP contribution >= 0.6 is 0 Å². The summed E-state index contributed by atoms with van der Waals surface area (Å²) in [4.78, 5) is 24.6. The molecule has 0 saturated heterocycles. The van der Waals surface area contributed by atoms with Crippen molar-refractivity contribution in [2.24, 2.45) is 34.0 Å². The van der Waals surface area contributed by atoms with E-state index in [2.05, 4.69) is 40.3 Å². The van der Waals surface area contributed by atoms with Gasteiger partial charge in [0.25, 0.3) is 0 Å². The monoisotopic (exact) mass is 500 g/mol. The van der Waals surface area contributed by atoms with E-state index in [0.717, 1.165) is 44.1 Å². The number of methoxy groups -OCH3 is 1. The zero-order valence-corrected chi connectivity index (χ0v) is 23.6. The fraction of sp³-hybridized carbons (Fsp3) is 0.742. The second kappa shape index (κ2) is 10.5. The first-order valence-electron chi connectivity index (χ1n) is 13.7. The summed E-state index contributed by atoms with van der Waals surface area (Å²) in [6.45, 7) is 17.3. The van der Waals surface area contributed by atoms with E-state index in [9.17, 15) is 19.8 Å². The van der Waals surface area contributed by atoms with Crippen LogP contribution in [0.25, 0.3) is 0 Å². The third-order valence-electron chi connectivity index (χ3n) is 10.5. The molecule has 36 heavy (non-hydrogen) atoms. The number of carboxylic acid groups (broad SMARTS) is 1. The maximum absolute atomic E-state index is 12.5. The molecule has 7 atom stereocenters. The number of aliphatic carboxylic acids is 1. The molecule has 0 aromatic carbocycles. The van der Waals surface area contributed by atoms with Gasteiger partial charge in [0.2, 0.25) is 0 Å². The Bertz CT molecular complexity index is 956. The molecular weight excluding hydrogens is 452 g/mol. The number of carboxylic acids is 1. The number of aliphatic hydroxyl groups excluding tert-OH is 1. The lowest BCUT2D eigenvalue weighted by Crippen LogP contribution is -2.49. The number of allylic oxidation sites excluding steroid dienone is 5.